The van der Waals surface area contributed by atoms with E-state index in [9.17, 15) is 9.59 Å². The summed E-state index contributed by atoms with van der Waals surface area (Å²) >= 11 is 0. The van der Waals surface area contributed by atoms with Gasteiger partial charge in [-0.15, -0.1) is 0 Å². The lowest BCUT2D eigenvalue weighted by molar-refractivity contribution is -0.145. The molecule has 0 radical (unpaired) electrons. The van der Waals surface area contributed by atoms with E-state index in [0.717, 1.165) is 77.0 Å². The number of allylic oxidation sites excluding steroid dienone is 8. The first kappa shape index (κ1) is 43.9. The van der Waals surface area contributed by atoms with Gasteiger partial charge in [0.2, 0.25) is 0 Å². The Balaban J connectivity index is 3.35. The number of carbonyl (C=O) groups is 2. The van der Waals surface area contributed by atoms with Gasteiger partial charge >= 0.3 is 11.9 Å². The van der Waals surface area contributed by atoms with E-state index >= 15 is 0 Å². The predicted octanol–water partition coefficient (Wildman–Crippen LogP) is 13.3. The van der Waals surface area contributed by atoms with Gasteiger partial charge in [0.25, 0.3) is 0 Å². The molecule has 46 heavy (non-hydrogen) atoms. The molecule has 0 spiro atoms. The van der Waals surface area contributed by atoms with Crippen LogP contribution in [0.3, 0.4) is 0 Å². The molecule has 0 aliphatic rings. The van der Waals surface area contributed by atoms with Crippen LogP contribution in [0.25, 0.3) is 0 Å². The Bertz CT molecular complexity index is 700. The first-order chi connectivity index (χ1) is 22.7. The maximum Gasteiger partial charge on any atom is 0.305 e. The van der Waals surface area contributed by atoms with Gasteiger partial charge in [-0.3, -0.25) is 9.59 Å². The van der Waals surface area contributed by atoms with Crippen LogP contribution < -0.4 is 0 Å². The summed E-state index contributed by atoms with van der Waals surface area (Å²) in [5.41, 5.74) is 0. The molecular formula is C42H74O4. The Kier molecular flexibility index (Phi) is 37.3. The Morgan fingerprint density at radius 1 is 0.370 bits per heavy atom. The molecular weight excluding hydrogens is 568 g/mol. The van der Waals surface area contributed by atoms with Gasteiger partial charge < -0.3 is 9.47 Å². The van der Waals surface area contributed by atoms with Crippen molar-refractivity contribution < 1.29 is 19.1 Å². The van der Waals surface area contributed by atoms with Crippen molar-refractivity contribution in [2.24, 2.45) is 0 Å². The molecule has 0 rings (SSSR count). The molecule has 0 aliphatic carbocycles. The summed E-state index contributed by atoms with van der Waals surface area (Å²) in [4.78, 5) is 23.9. The molecule has 0 N–H and O–H groups in total. The predicted molar refractivity (Wildman–Crippen MR) is 199 cm³/mol. The minimum absolute atomic E-state index is 0.0621. The fourth-order valence-corrected chi connectivity index (χ4v) is 5.24. The molecule has 4 nitrogen and oxygen atoms in total. The normalized spacial score (nSPS) is 12.0. The molecule has 0 heterocycles. The van der Waals surface area contributed by atoms with E-state index in [1.54, 1.807) is 0 Å². The molecule has 0 aromatic heterocycles. The van der Waals surface area contributed by atoms with Crippen molar-refractivity contribution >= 4 is 11.9 Å². The fourth-order valence-electron chi connectivity index (χ4n) is 5.24. The first-order valence-electron chi connectivity index (χ1n) is 19.6. The van der Waals surface area contributed by atoms with Crippen molar-refractivity contribution in [1.82, 2.24) is 0 Å². The number of hydrogen-bond donors (Lipinski definition) is 0. The monoisotopic (exact) mass is 643 g/mol. The second kappa shape index (κ2) is 39.1. The van der Waals surface area contributed by atoms with Crippen LogP contribution in [-0.2, 0) is 19.1 Å². The topological polar surface area (TPSA) is 52.6 Å². The Morgan fingerprint density at radius 2 is 0.674 bits per heavy atom. The highest BCUT2D eigenvalue weighted by atomic mass is 16.5. The third kappa shape index (κ3) is 38.1. The lowest BCUT2D eigenvalue weighted by Gasteiger charge is -2.06. The van der Waals surface area contributed by atoms with E-state index < -0.39 is 0 Å². The zero-order valence-electron chi connectivity index (χ0n) is 30.5. The molecule has 0 aliphatic heterocycles. The van der Waals surface area contributed by atoms with Crippen molar-refractivity contribution in [3.8, 4) is 0 Å². The average Bonchev–Trinajstić information content (AvgIpc) is 3.05. The number of unbranched alkanes of at least 4 members (excludes halogenated alkanes) is 19. The highest BCUT2D eigenvalue weighted by Gasteiger charge is 2.04. The molecule has 0 bridgehead atoms. The standard InChI is InChI=1S/C42H74O4/c1-3-5-7-9-11-13-15-17-19-21-23-25-27-29-33-37-41(43)45-39-35-31-32-36-40-46-42(44)38-34-30-28-26-24-22-20-18-16-14-12-10-8-6-4-2/h11-14,17-20H,3-10,15-16,21-40H2,1-2H3/b13-11-,14-12-,19-17-,20-18-. The number of rotatable bonds is 35. The largest absolute Gasteiger partial charge is 0.466 e. The zero-order valence-corrected chi connectivity index (χ0v) is 30.5. The van der Waals surface area contributed by atoms with Gasteiger partial charge in [-0.2, -0.15) is 0 Å². The molecule has 0 unspecified atom stereocenters. The van der Waals surface area contributed by atoms with E-state index in [2.05, 4.69) is 62.5 Å². The summed E-state index contributed by atoms with van der Waals surface area (Å²) in [6.45, 7) is 5.50. The maximum absolute atomic E-state index is 11.9. The number of ether oxygens (including phenoxy) is 2. The van der Waals surface area contributed by atoms with Gasteiger partial charge in [-0.1, -0.05) is 127 Å². The molecule has 4 heteroatoms. The molecule has 0 aromatic carbocycles. The Labute approximate surface area is 285 Å². The van der Waals surface area contributed by atoms with E-state index in [-0.39, 0.29) is 11.9 Å². The van der Waals surface area contributed by atoms with Crippen LogP contribution in [0.4, 0.5) is 0 Å². The lowest BCUT2D eigenvalue weighted by atomic mass is 10.1. The van der Waals surface area contributed by atoms with Gasteiger partial charge in [0.15, 0.2) is 0 Å². The smallest absolute Gasteiger partial charge is 0.305 e. The average molecular weight is 643 g/mol. The van der Waals surface area contributed by atoms with Gasteiger partial charge in [-0.25, -0.2) is 0 Å². The summed E-state index contributed by atoms with van der Waals surface area (Å²) in [6, 6.07) is 0. The summed E-state index contributed by atoms with van der Waals surface area (Å²) in [5.74, 6) is -0.124. The van der Waals surface area contributed by atoms with Crippen LogP contribution in [0.2, 0.25) is 0 Å². The Morgan fingerprint density at radius 3 is 1.04 bits per heavy atom. The summed E-state index contributed by atoms with van der Waals surface area (Å²) < 4.78 is 10.8. The molecule has 0 fully saturated rings. The van der Waals surface area contributed by atoms with Crippen LogP contribution in [-0.4, -0.2) is 25.2 Å². The highest BCUT2D eigenvalue weighted by molar-refractivity contribution is 5.69. The molecule has 266 valence electrons. The molecule has 0 aromatic rings. The number of carbonyl (C=O) groups excluding carboxylic acids is 2. The maximum atomic E-state index is 11.9. The second-order valence-electron chi connectivity index (χ2n) is 12.8. The SMILES string of the molecule is CCCCC/C=C\C/C=C\CCCCCCCC(=O)OCCCCCCOC(=O)CCCCCCC/C=C\C/C=C\CCCCC. The lowest BCUT2D eigenvalue weighted by Crippen LogP contribution is -2.07. The molecule has 0 amide bonds. The molecule has 0 saturated carbocycles. The van der Waals surface area contributed by atoms with Crippen molar-refractivity contribution in [3.05, 3.63) is 48.6 Å². The van der Waals surface area contributed by atoms with Crippen LogP contribution in [0.5, 0.6) is 0 Å². The van der Waals surface area contributed by atoms with E-state index in [4.69, 9.17) is 9.47 Å². The molecule has 0 saturated heterocycles. The third-order valence-electron chi connectivity index (χ3n) is 8.23. The third-order valence-corrected chi connectivity index (χ3v) is 8.23. The highest BCUT2D eigenvalue weighted by Crippen LogP contribution is 2.11. The summed E-state index contributed by atoms with van der Waals surface area (Å²) in [5, 5.41) is 0. The summed E-state index contributed by atoms with van der Waals surface area (Å²) in [7, 11) is 0. The fraction of sp³-hybridized carbons (Fsp3) is 0.762. The number of hydrogen-bond acceptors (Lipinski definition) is 4. The van der Waals surface area contributed by atoms with E-state index in [0.29, 0.717) is 26.1 Å². The van der Waals surface area contributed by atoms with Gasteiger partial charge in [0.1, 0.15) is 0 Å². The Hall–Kier alpha value is -2.10. The minimum Gasteiger partial charge on any atom is -0.466 e. The van der Waals surface area contributed by atoms with E-state index in [1.807, 2.05) is 0 Å². The second-order valence-corrected chi connectivity index (χ2v) is 12.8. The quantitative estimate of drug-likeness (QED) is 0.0392. The van der Waals surface area contributed by atoms with Crippen LogP contribution in [0, 0.1) is 0 Å². The number of esters is 2. The van der Waals surface area contributed by atoms with Crippen LogP contribution >= 0.6 is 0 Å². The van der Waals surface area contributed by atoms with Gasteiger partial charge in [-0.05, 0) is 103 Å². The van der Waals surface area contributed by atoms with Crippen LogP contribution in [0.15, 0.2) is 48.6 Å². The van der Waals surface area contributed by atoms with E-state index in [1.165, 1.54) is 89.9 Å². The summed E-state index contributed by atoms with van der Waals surface area (Å²) in [6.07, 6.45) is 49.3. The minimum atomic E-state index is -0.0621. The molecule has 0 atom stereocenters. The zero-order chi connectivity index (χ0) is 33.4. The first-order valence-corrected chi connectivity index (χ1v) is 19.6. The van der Waals surface area contributed by atoms with Gasteiger partial charge in [0.05, 0.1) is 13.2 Å². The van der Waals surface area contributed by atoms with Gasteiger partial charge in [0, 0.05) is 12.8 Å². The van der Waals surface area contributed by atoms with Crippen molar-refractivity contribution in [2.45, 2.75) is 194 Å². The van der Waals surface area contributed by atoms with Crippen molar-refractivity contribution in [3.63, 3.8) is 0 Å². The van der Waals surface area contributed by atoms with Crippen LogP contribution in [0.1, 0.15) is 194 Å². The van der Waals surface area contributed by atoms with Crippen molar-refractivity contribution in [1.29, 1.82) is 0 Å². The van der Waals surface area contributed by atoms with Crippen molar-refractivity contribution in [2.75, 3.05) is 13.2 Å².